The summed E-state index contributed by atoms with van der Waals surface area (Å²) < 4.78 is 0. The zero-order valence-electron chi connectivity index (χ0n) is 6.23. The summed E-state index contributed by atoms with van der Waals surface area (Å²) in [6.45, 7) is 0. The molecule has 0 bridgehead atoms. The lowest BCUT2D eigenvalue weighted by atomic mass is 10.1. The van der Waals surface area contributed by atoms with Crippen LogP contribution in [0.25, 0.3) is 0 Å². The summed E-state index contributed by atoms with van der Waals surface area (Å²) in [6.07, 6.45) is 0.400. The summed E-state index contributed by atoms with van der Waals surface area (Å²) >= 11 is 5.76. The van der Waals surface area contributed by atoms with Crippen LogP contribution in [0.4, 0.5) is 11.4 Å². The van der Waals surface area contributed by atoms with Crippen LogP contribution >= 0.6 is 11.6 Å². The molecule has 0 fully saturated rings. The van der Waals surface area contributed by atoms with E-state index in [0.717, 1.165) is 5.56 Å². The van der Waals surface area contributed by atoms with E-state index in [2.05, 4.69) is 5.32 Å². The maximum atomic E-state index is 11.0. The number of anilines is 2. The van der Waals surface area contributed by atoms with Crippen molar-refractivity contribution < 1.29 is 4.79 Å². The highest BCUT2D eigenvalue weighted by molar-refractivity contribution is 6.34. The van der Waals surface area contributed by atoms with Crippen molar-refractivity contribution in [2.24, 2.45) is 0 Å². The van der Waals surface area contributed by atoms with Crippen molar-refractivity contribution in [2.45, 2.75) is 6.42 Å². The minimum atomic E-state index is -0.0287. The van der Waals surface area contributed by atoms with E-state index in [0.29, 0.717) is 22.8 Å². The Morgan fingerprint density at radius 3 is 3.00 bits per heavy atom. The molecule has 1 aliphatic rings. The fraction of sp³-hybridized carbons (Fsp3) is 0.125. The van der Waals surface area contributed by atoms with Crippen LogP contribution in [-0.4, -0.2) is 5.91 Å². The van der Waals surface area contributed by atoms with Crippen LogP contribution in [0.2, 0.25) is 5.02 Å². The molecule has 12 heavy (non-hydrogen) atoms. The fourth-order valence-corrected chi connectivity index (χ4v) is 1.45. The quantitative estimate of drug-likeness (QED) is 0.597. The zero-order chi connectivity index (χ0) is 8.72. The molecule has 0 saturated carbocycles. The molecule has 0 aromatic heterocycles. The highest BCUT2D eigenvalue weighted by Crippen LogP contribution is 2.34. The Balaban J connectivity index is 2.61. The van der Waals surface area contributed by atoms with Crippen molar-refractivity contribution in [3.8, 4) is 0 Å². The van der Waals surface area contributed by atoms with Crippen molar-refractivity contribution >= 4 is 28.9 Å². The number of nitrogen functional groups attached to an aromatic ring is 1. The number of fused-ring (bicyclic) bond motifs is 1. The molecule has 0 unspecified atom stereocenters. The maximum absolute atomic E-state index is 11.0. The highest BCUT2D eigenvalue weighted by Gasteiger charge is 2.20. The van der Waals surface area contributed by atoms with Gasteiger partial charge < -0.3 is 11.1 Å². The first-order chi connectivity index (χ1) is 5.68. The van der Waals surface area contributed by atoms with Gasteiger partial charge >= 0.3 is 0 Å². The largest absolute Gasteiger partial charge is 0.396 e. The number of hydrogen-bond donors (Lipinski definition) is 2. The van der Waals surface area contributed by atoms with Gasteiger partial charge in [-0.15, -0.1) is 0 Å². The summed E-state index contributed by atoms with van der Waals surface area (Å²) in [7, 11) is 0. The number of nitrogens with two attached hydrogens (primary N) is 1. The van der Waals surface area contributed by atoms with E-state index in [1.165, 1.54) is 0 Å². The molecule has 4 heteroatoms. The second kappa shape index (κ2) is 2.38. The second-order valence-corrected chi connectivity index (χ2v) is 3.13. The normalized spacial score (nSPS) is 14.2. The Morgan fingerprint density at radius 1 is 1.50 bits per heavy atom. The molecule has 1 amide bonds. The van der Waals surface area contributed by atoms with Crippen LogP contribution in [0.1, 0.15) is 5.56 Å². The van der Waals surface area contributed by atoms with E-state index in [1.807, 2.05) is 6.07 Å². The molecule has 1 aromatic rings. The van der Waals surface area contributed by atoms with E-state index >= 15 is 0 Å². The molecule has 0 atom stereocenters. The average molecular weight is 183 g/mol. The van der Waals surface area contributed by atoms with Crippen molar-refractivity contribution in [3.63, 3.8) is 0 Å². The second-order valence-electron chi connectivity index (χ2n) is 2.72. The molecule has 62 valence electrons. The maximum Gasteiger partial charge on any atom is 0.228 e. The molecule has 3 nitrogen and oxygen atoms in total. The number of nitrogens with one attached hydrogen (secondary N) is 1. The summed E-state index contributed by atoms with van der Waals surface area (Å²) in [5, 5.41) is 3.14. The van der Waals surface area contributed by atoms with Crippen LogP contribution in [-0.2, 0) is 11.2 Å². The molecular weight excluding hydrogens is 176 g/mol. The molecule has 0 aliphatic carbocycles. The van der Waals surface area contributed by atoms with Gasteiger partial charge in [-0.25, -0.2) is 0 Å². The van der Waals surface area contributed by atoms with Crippen molar-refractivity contribution in [1.29, 1.82) is 0 Å². The molecule has 1 aliphatic heterocycles. The third-order valence-electron chi connectivity index (χ3n) is 1.89. The Hall–Kier alpha value is -1.22. The van der Waals surface area contributed by atoms with Crippen molar-refractivity contribution in [2.75, 3.05) is 11.1 Å². The van der Waals surface area contributed by atoms with Gasteiger partial charge in [-0.1, -0.05) is 17.7 Å². The number of halogens is 1. The van der Waals surface area contributed by atoms with Crippen LogP contribution < -0.4 is 11.1 Å². The highest BCUT2D eigenvalue weighted by atomic mass is 35.5. The summed E-state index contributed by atoms with van der Waals surface area (Å²) in [6, 6.07) is 3.52. The van der Waals surface area contributed by atoms with Gasteiger partial charge in [0.15, 0.2) is 0 Å². The minimum Gasteiger partial charge on any atom is -0.396 e. The van der Waals surface area contributed by atoms with Crippen LogP contribution in [0.15, 0.2) is 12.1 Å². The average Bonchev–Trinajstić information content (AvgIpc) is 2.39. The van der Waals surface area contributed by atoms with E-state index < -0.39 is 0 Å². The molecule has 2 rings (SSSR count). The standard InChI is InChI=1S/C8H7ClN2O/c9-5-2-1-4-3-6(12)11-8(4)7(5)10/h1-2H,3,10H2,(H,11,12). The number of hydrogen-bond acceptors (Lipinski definition) is 2. The SMILES string of the molecule is Nc1c(Cl)ccc2c1NC(=O)C2. The summed E-state index contributed by atoms with van der Waals surface area (Å²) in [5.41, 5.74) is 7.70. The molecule has 0 radical (unpaired) electrons. The lowest BCUT2D eigenvalue weighted by molar-refractivity contribution is -0.115. The number of carbonyl (C=O) groups is 1. The summed E-state index contributed by atoms with van der Waals surface area (Å²) in [4.78, 5) is 11.0. The van der Waals surface area contributed by atoms with Gasteiger partial charge in [0.1, 0.15) is 0 Å². The summed E-state index contributed by atoms with van der Waals surface area (Å²) in [5.74, 6) is -0.0287. The van der Waals surface area contributed by atoms with E-state index in [9.17, 15) is 4.79 Å². The van der Waals surface area contributed by atoms with Gasteiger partial charge in [0.05, 0.1) is 22.8 Å². The lowest BCUT2D eigenvalue weighted by Gasteiger charge is -2.03. The van der Waals surface area contributed by atoms with E-state index in [-0.39, 0.29) is 5.91 Å². The van der Waals surface area contributed by atoms with Crippen LogP contribution in [0.3, 0.4) is 0 Å². The molecule has 0 saturated heterocycles. The third kappa shape index (κ3) is 0.940. The van der Waals surface area contributed by atoms with Crippen LogP contribution in [0.5, 0.6) is 0 Å². The number of amides is 1. The Labute approximate surface area is 74.5 Å². The third-order valence-corrected chi connectivity index (χ3v) is 2.22. The van der Waals surface area contributed by atoms with E-state index in [1.54, 1.807) is 6.07 Å². The minimum absolute atomic E-state index is 0.0287. The number of benzene rings is 1. The van der Waals surface area contributed by atoms with Gasteiger partial charge in [0, 0.05) is 0 Å². The molecule has 1 heterocycles. The van der Waals surface area contributed by atoms with Gasteiger partial charge in [-0.05, 0) is 11.6 Å². The number of rotatable bonds is 0. The molecule has 1 aromatic carbocycles. The molecule has 3 N–H and O–H groups in total. The molecule has 0 spiro atoms. The fourth-order valence-electron chi connectivity index (χ4n) is 1.29. The van der Waals surface area contributed by atoms with Crippen molar-refractivity contribution in [3.05, 3.63) is 22.7 Å². The monoisotopic (exact) mass is 182 g/mol. The van der Waals surface area contributed by atoms with Gasteiger partial charge in [0.2, 0.25) is 5.91 Å². The smallest absolute Gasteiger partial charge is 0.228 e. The van der Waals surface area contributed by atoms with Gasteiger partial charge in [0.25, 0.3) is 0 Å². The first kappa shape index (κ1) is 7.43. The van der Waals surface area contributed by atoms with E-state index in [4.69, 9.17) is 17.3 Å². The first-order valence-electron chi connectivity index (χ1n) is 3.55. The first-order valence-corrected chi connectivity index (χ1v) is 3.93. The predicted molar refractivity (Wildman–Crippen MR) is 48.2 cm³/mol. The Morgan fingerprint density at radius 2 is 2.25 bits per heavy atom. The van der Waals surface area contributed by atoms with Gasteiger partial charge in [-0.3, -0.25) is 4.79 Å². The Bertz CT molecular complexity index is 362. The van der Waals surface area contributed by atoms with Crippen molar-refractivity contribution in [1.82, 2.24) is 0 Å². The van der Waals surface area contributed by atoms with Gasteiger partial charge in [-0.2, -0.15) is 0 Å². The lowest BCUT2D eigenvalue weighted by Crippen LogP contribution is -2.04. The zero-order valence-corrected chi connectivity index (χ0v) is 6.98. The van der Waals surface area contributed by atoms with Crippen LogP contribution in [0, 0.1) is 0 Å². The topological polar surface area (TPSA) is 55.1 Å². The molecular formula is C8H7ClN2O. The Kier molecular flexibility index (Phi) is 1.48. The number of carbonyl (C=O) groups excluding carboxylic acids is 1. The predicted octanol–water partition coefficient (Wildman–Crippen LogP) is 1.42.